The normalized spacial score (nSPS) is 10.4. The molecule has 0 aliphatic heterocycles. The maximum atomic E-state index is 9.19. The van der Waals surface area contributed by atoms with E-state index in [4.69, 9.17) is 10.2 Å². The molecule has 98 valence electrons. The summed E-state index contributed by atoms with van der Waals surface area (Å²) in [7, 11) is 0. The van der Waals surface area contributed by atoms with Crippen molar-refractivity contribution in [1.29, 1.82) is 5.26 Å². The van der Waals surface area contributed by atoms with E-state index in [1.807, 2.05) is 12.1 Å². The van der Waals surface area contributed by atoms with Crippen molar-refractivity contribution in [2.75, 3.05) is 18.1 Å². The lowest BCUT2D eigenvalue weighted by Crippen LogP contribution is -2.32. The van der Waals surface area contributed by atoms with Crippen LogP contribution in [0.15, 0.2) is 18.2 Å². The second-order valence-electron chi connectivity index (χ2n) is 4.49. The number of hydrogen-bond donors (Lipinski definition) is 2. The number of benzene rings is 1. The van der Waals surface area contributed by atoms with Crippen LogP contribution in [0.3, 0.4) is 0 Å². The fourth-order valence-corrected chi connectivity index (χ4v) is 1.92. The molecule has 0 spiro atoms. The lowest BCUT2D eigenvalue weighted by Gasteiger charge is -2.29. The monoisotopic (exact) mass is 248 g/mol. The van der Waals surface area contributed by atoms with E-state index >= 15 is 0 Å². The number of hydrogen-bond acceptors (Lipinski definition) is 4. The number of anilines is 1. The zero-order valence-electron chi connectivity index (χ0n) is 10.9. The molecule has 0 saturated heterocycles. The van der Waals surface area contributed by atoms with Crippen LogP contribution in [0.4, 0.5) is 5.69 Å². The summed E-state index contributed by atoms with van der Waals surface area (Å²) in [5, 5.41) is 27.2. The van der Waals surface area contributed by atoms with Gasteiger partial charge in [-0.2, -0.15) is 5.26 Å². The van der Waals surface area contributed by atoms with Crippen molar-refractivity contribution in [2.45, 2.75) is 32.9 Å². The number of aliphatic hydroxyl groups excluding tert-OH is 2. The molecule has 0 atom stereocenters. The molecular weight excluding hydrogens is 228 g/mol. The fourth-order valence-electron chi connectivity index (χ4n) is 1.92. The first-order valence-electron chi connectivity index (χ1n) is 6.15. The molecule has 0 unspecified atom stereocenters. The summed E-state index contributed by atoms with van der Waals surface area (Å²) in [6, 6.07) is 7.82. The summed E-state index contributed by atoms with van der Waals surface area (Å²) in [4.78, 5) is 2.09. The van der Waals surface area contributed by atoms with E-state index in [0.29, 0.717) is 18.5 Å². The Balaban J connectivity index is 3.07. The van der Waals surface area contributed by atoms with Crippen LogP contribution in [0.1, 0.15) is 31.4 Å². The van der Waals surface area contributed by atoms with Crippen LogP contribution in [0.5, 0.6) is 0 Å². The molecule has 0 radical (unpaired) electrons. The molecule has 2 N–H and O–H groups in total. The van der Waals surface area contributed by atoms with E-state index in [-0.39, 0.29) is 19.3 Å². The van der Waals surface area contributed by atoms with Gasteiger partial charge in [-0.15, -0.1) is 0 Å². The largest absolute Gasteiger partial charge is 0.396 e. The summed E-state index contributed by atoms with van der Waals surface area (Å²) in [5.74, 6) is 0. The third-order valence-electron chi connectivity index (χ3n) is 2.85. The molecule has 0 fully saturated rings. The summed E-state index contributed by atoms with van der Waals surface area (Å²) < 4.78 is 0. The Labute approximate surface area is 108 Å². The maximum Gasteiger partial charge on any atom is 0.101 e. The van der Waals surface area contributed by atoms with Gasteiger partial charge in [0.05, 0.1) is 17.9 Å². The Morgan fingerprint density at radius 1 is 1.33 bits per heavy atom. The second-order valence-corrected chi connectivity index (χ2v) is 4.49. The van der Waals surface area contributed by atoms with Crippen molar-refractivity contribution in [3.63, 3.8) is 0 Å². The van der Waals surface area contributed by atoms with Crippen molar-refractivity contribution in [1.82, 2.24) is 0 Å². The zero-order chi connectivity index (χ0) is 13.5. The smallest absolute Gasteiger partial charge is 0.101 e. The summed E-state index contributed by atoms with van der Waals surface area (Å²) >= 11 is 0. The molecule has 4 heteroatoms. The van der Waals surface area contributed by atoms with Gasteiger partial charge >= 0.3 is 0 Å². The van der Waals surface area contributed by atoms with Gasteiger partial charge in [0, 0.05) is 19.2 Å². The molecule has 0 aliphatic rings. The second kappa shape index (κ2) is 7.00. The Hall–Kier alpha value is -1.57. The van der Waals surface area contributed by atoms with Gasteiger partial charge in [0.1, 0.15) is 6.07 Å². The Kier molecular flexibility index (Phi) is 5.63. The van der Waals surface area contributed by atoms with E-state index in [2.05, 4.69) is 24.8 Å². The molecule has 0 saturated carbocycles. The first-order chi connectivity index (χ1) is 8.63. The molecule has 0 bridgehead atoms. The fraction of sp³-hybridized carbons (Fsp3) is 0.500. The first-order valence-corrected chi connectivity index (χ1v) is 6.15. The van der Waals surface area contributed by atoms with Crippen LogP contribution >= 0.6 is 0 Å². The molecule has 0 aliphatic carbocycles. The average Bonchev–Trinajstić information content (AvgIpc) is 2.38. The predicted octanol–water partition coefficient (Wildman–Crippen LogP) is 1.65. The van der Waals surface area contributed by atoms with Crippen molar-refractivity contribution in [3.8, 4) is 6.07 Å². The highest BCUT2D eigenvalue weighted by Gasteiger charge is 2.14. The lowest BCUT2D eigenvalue weighted by atomic mass is 10.1. The molecule has 4 nitrogen and oxygen atoms in total. The first kappa shape index (κ1) is 14.5. The van der Waals surface area contributed by atoms with Crippen molar-refractivity contribution in [2.24, 2.45) is 0 Å². The van der Waals surface area contributed by atoms with Gasteiger partial charge in [-0.3, -0.25) is 0 Å². The van der Waals surface area contributed by atoms with Gasteiger partial charge < -0.3 is 15.1 Å². The topological polar surface area (TPSA) is 67.5 Å². The van der Waals surface area contributed by atoms with E-state index in [1.165, 1.54) is 0 Å². The number of aliphatic hydroxyl groups is 2. The third kappa shape index (κ3) is 3.46. The van der Waals surface area contributed by atoms with E-state index in [9.17, 15) is 5.26 Å². The van der Waals surface area contributed by atoms with Crippen LogP contribution in [-0.2, 0) is 6.61 Å². The lowest BCUT2D eigenvalue weighted by molar-refractivity contribution is 0.282. The molecule has 1 rings (SSSR count). The molecule has 0 heterocycles. The minimum atomic E-state index is -0.0622. The molecule has 1 aromatic rings. The zero-order valence-corrected chi connectivity index (χ0v) is 10.9. The third-order valence-corrected chi connectivity index (χ3v) is 2.85. The highest BCUT2D eigenvalue weighted by molar-refractivity contribution is 5.61. The summed E-state index contributed by atoms with van der Waals surface area (Å²) in [6.07, 6.45) is 0.671. The van der Waals surface area contributed by atoms with E-state index < -0.39 is 0 Å². The molecular formula is C14H20N2O2. The van der Waals surface area contributed by atoms with Gasteiger partial charge in [-0.1, -0.05) is 6.07 Å². The minimum absolute atomic E-state index is 0.0622. The number of nitrogens with zero attached hydrogens (tertiary/aromatic N) is 2. The quantitative estimate of drug-likeness (QED) is 0.803. The van der Waals surface area contributed by atoms with Crippen LogP contribution in [0, 0.1) is 11.3 Å². The minimum Gasteiger partial charge on any atom is -0.396 e. The molecule has 0 aromatic heterocycles. The van der Waals surface area contributed by atoms with Crippen molar-refractivity contribution < 1.29 is 10.2 Å². The van der Waals surface area contributed by atoms with Crippen LogP contribution in [0.25, 0.3) is 0 Å². The summed E-state index contributed by atoms with van der Waals surface area (Å²) in [5.41, 5.74) is 2.16. The molecule has 0 amide bonds. The van der Waals surface area contributed by atoms with Crippen LogP contribution < -0.4 is 4.90 Å². The predicted molar refractivity (Wildman–Crippen MR) is 71.3 cm³/mol. The van der Waals surface area contributed by atoms with Crippen molar-refractivity contribution >= 4 is 5.69 Å². The Morgan fingerprint density at radius 2 is 2.06 bits per heavy atom. The van der Waals surface area contributed by atoms with Crippen LogP contribution in [-0.4, -0.2) is 29.4 Å². The van der Waals surface area contributed by atoms with Gasteiger partial charge in [-0.05, 0) is 38.0 Å². The average molecular weight is 248 g/mol. The van der Waals surface area contributed by atoms with Gasteiger partial charge in [0.15, 0.2) is 0 Å². The maximum absolute atomic E-state index is 9.19. The van der Waals surface area contributed by atoms with Crippen molar-refractivity contribution in [3.05, 3.63) is 29.3 Å². The Morgan fingerprint density at radius 3 is 2.56 bits per heavy atom. The highest BCUT2D eigenvalue weighted by Crippen LogP contribution is 2.23. The van der Waals surface area contributed by atoms with Gasteiger partial charge in [0.25, 0.3) is 0 Å². The number of rotatable bonds is 6. The highest BCUT2D eigenvalue weighted by atomic mass is 16.3. The molecule has 18 heavy (non-hydrogen) atoms. The van der Waals surface area contributed by atoms with E-state index in [1.54, 1.807) is 6.07 Å². The van der Waals surface area contributed by atoms with Gasteiger partial charge in [0.2, 0.25) is 0 Å². The van der Waals surface area contributed by atoms with E-state index in [0.717, 1.165) is 11.3 Å². The molecule has 1 aromatic carbocycles. The van der Waals surface area contributed by atoms with Gasteiger partial charge in [-0.25, -0.2) is 0 Å². The standard InChI is InChI=1S/C14H20N2O2/c1-11(2)16(6-3-7-17)14-5-4-12(10-18)8-13(14)9-15/h4-5,8,11,17-18H,3,6-7,10H2,1-2H3. The number of nitriles is 1. The Bertz CT molecular complexity index is 424. The van der Waals surface area contributed by atoms with Crippen LogP contribution in [0.2, 0.25) is 0 Å². The SMILES string of the molecule is CC(C)N(CCCO)c1ccc(CO)cc1C#N. The summed E-state index contributed by atoms with van der Waals surface area (Å²) in [6.45, 7) is 4.89.